The number of esters is 1. The van der Waals surface area contributed by atoms with Gasteiger partial charge >= 0.3 is 5.97 Å². The van der Waals surface area contributed by atoms with Gasteiger partial charge in [-0.1, -0.05) is 66.7 Å². The highest BCUT2D eigenvalue weighted by Gasteiger charge is 2.22. The van der Waals surface area contributed by atoms with E-state index in [2.05, 4.69) is 59.3 Å². The maximum Gasteiger partial charge on any atom is 0.339 e. The summed E-state index contributed by atoms with van der Waals surface area (Å²) >= 11 is 0. The summed E-state index contributed by atoms with van der Waals surface area (Å²) in [4.78, 5) is 14.9. The molecule has 0 amide bonds. The van der Waals surface area contributed by atoms with Crippen LogP contribution in [-0.2, 0) is 20.8 Å². The topological polar surface area (TPSA) is 67.5 Å². The normalized spacial score (nSPS) is 21.2. The second kappa shape index (κ2) is 11.5. The van der Waals surface area contributed by atoms with Gasteiger partial charge in [0, 0.05) is 37.0 Å². The van der Waals surface area contributed by atoms with Crippen LogP contribution in [0.5, 0.6) is 0 Å². The number of aromatic nitrogens is 2. The number of nitrogens with one attached hydrogen (secondary N) is 1. The highest BCUT2D eigenvalue weighted by molar-refractivity contribution is 5.99. The summed E-state index contributed by atoms with van der Waals surface area (Å²) < 4.78 is 11.2. The van der Waals surface area contributed by atoms with E-state index in [1.807, 2.05) is 60.7 Å². The van der Waals surface area contributed by atoms with Crippen LogP contribution in [0.2, 0.25) is 0 Å². The molecule has 3 heterocycles. The molecule has 1 saturated heterocycles. The zero-order valence-electron chi connectivity index (χ0n) is 22.8. The van der Waals surface area contributed by atoms with Crippen molar-refractivity contribution in [3.8, 4) is 0 Å². The summed E-state index contributed by atoms with van der Waals surface area (Å²) in [6.07, 6.45) is 8.65. The first-order valence-electron chi connectivity index (χ1n) is 13.8. The molecule has 1 N–H and O–H groups in total. The molecule has 0 spiro atoms. The molecule has 6 rings (SSSR count). The lowest BCUT2D eigenvalue weighted by Crippen LogP contribution is -2.44. The molecule has 1 aromatic heterocycles. The summed E-state index contributed by atoms with van der Waals surface area (Å²) in [5.41, 5.74) is 7.81. The minimum absolute atomic E-state index is 0.274. The van der Waals surface area contributed by atoms with Crippen LogP contribution in [0.1, 0.15) is 48.2 Å². The Morgan fingerprint density at radius 1 is 0.950 bits per heavy atom. The molecule has 2 aliphatic heterocycles. The van der Waals surface area contributed by atoms with Crippen molar-refractivity contribution in [1.82, 2.24) is 15.1 Å². The average Bonchev–Trinajstić information content (AvgIpc) is 3.36. The Hall–Kier alpha value is -4.26. The van der Waals surface area contributed by atoms with Gasteiger partial charge in [-0.05, 0) is 66.0 Å². The number of nitrogens with zero attached hydrogens (tertiary/aromatic N) is 2. The first-order chi connectivity index (χ1) is 19.5. The fraction of sp³-hybridized carbons (Fsp3) is 0.235. The summed E-state index contributed by atoms with van der Waals surface area (Å²) in [7, 11) is 0. The van der Waals surface area contributed by atoms with E-state index < -0.39 is 0 Å². The number of morpholine rings is 1. The number of hydrogen-bond donors (Lipinski definition) is 1. The molecule has 2 aliphatic rings. The van der Waals surface area contributed by atoms with Crippen LogP contribution >= 0.6 is 0 Å². The monoisotopic (exact) mass is 531 g/mol. The molecule has 1 fully saturated rings. The quantitative estimate of drug-likeness (QED) is 0.221. The number of benzene rings is 3. The van der Waals surface area contributed by atoms with Crippen LogP contribution in [0.25, 0.3) is 34.7 Å². The summed E-state index contributed by atoms with van der Waals surface area (Å²) in [6, 6.07) is 24.8. The number of carbonyl (C=O) groups is 1. The van der Waals surface area contributed by atoms with E-state index in [1.54, 1.807) is 6.26 Å². The third-order valence-electron chi connectivity index (χ3n) is 7.37. The summed E-state index contributed by atoms with van der Waals surface area (Å²) in [6.45, 7) is 7.14. The van der Waals surface area contributed by atoms with E-state index in [9.17, 15) is 4.79 Å². The number of allylic oxidation sites excluding steroid dienone is 1. The summed E-state index contributed by atoms with van der Waals surface area (Å²) in [5.74, 6) is -0.312. The van der Waals surface area contributed by atoms with Crippen molar-refractivity contribution < 1.29 is 14.3 Å². The maximum atomic E-state index is 12.4. The predicted molar refractivity (Wildman–Crippen MR) is 160 cm³/mol. The molecule has 0 saturated carbocycles. The number of hydrogen-bond acceptors (Lipinski definition) is 5. The van der Waals surface area contributed by atoms with Gasteiger partial charge in [-0.15, -0.1) is 0 Å². The second-order valence-electron chi connectivity index (χ2n) is 10.7. The average molecular weight is 532 g/mol. The Bertz CT molecular complexity index is 1590. The van der Waals surface area contributed by atoms with E-state index in [4.69, 9.17) is 9.47 Å². The first kappa shape index (κ1) is 26.0. The molecule has 3 aromatic carbocycles. The number of cyclic esters (lactones) is 1. The SMILES string of the molecule is C[C@@H]1CN(Cc2ccc(/C=C/c3n[nH]c4cc(/C=C5\CC(c6ccccc6)=COC5=O)ccc34)cc2)C[C@H](C)O1. The minimum Gasteiger partial charge on any atom is -0.431 e. The number of carbonyl (C=O) groups excluding carboxylic acids is 1. The van der Waals surface area contributed by atoms with Crippen LogP contribution in [0.15, 0.2) is 84.6 Å². The van der Waals surface area contributed by atoms with E-state index in [-0.39, 0.29) is 18.2 Å². The van der Waals surface area contributed by atoms with Gasteiger partial charge in [0.15, 0.2) is 0 Å². The molecule has 202 valence electrons. The van der Waals surface area contributed by atoms with Gasteiger partial charge in [-0.25, -0.2) is 4.79 Å². The van der Waals surface area contributed by atoms with Crippen LogP contribution in [0.4, 0.5) is 0 Å². The van der Waals surface area contributed by atoms with Gasteiger partial charge in [0.2, 0.25) is 0 Å². The predicted octanol–water partition coefficient (Wildman–Crippen LogP) is 6.71. The zero-order chi connectivity index (χ0) is 27.5. The van der Waals surface area contributed by atoms with Crippen molar-refractivity contribution in [2.75, 3.05) is 13.1 Å². The van der Waals surface area contributed by atoms with Gasteiger partial charge in [-0.2, -0.15) is 5.10 Å². The largest absolute Gasteiger partial charge is 0.431 e. The number of fused-ring (bicyclic) bond motifs is 1. The Kier molecular flexibility index (Phi) is 7.45. The number of aromatic amines is 1. The van der Waals surface area contributed by atoms with Gasteiger partial charge in [0.05, 0.1) is 29.7 Å². The molecule has 6 heteroatoms. The molecular weight excluding hydrogens is 498 g/mol. The van der Waals surface area contributed by atoms with Crippen molar-refractivity contribution in [2.45, 2.75) is 39.0 Å². The fourth-order valence-corrected chi connectivity index (χ4v) is 5.51. The number of rotatable bonds is 6. The Morgan fingerprint density at radius 3 is 2.48 bits per heavy atom. The van der Waals surface area contributed by atoms with Gasteiger partial charge in [0.25, 0.3) is 0 Å². The van der Waals surface area contributed by atoms with E-state index in [0.717, 1.165) is 58.5 Å². The third-order valence-corrected chi connectivity index (χ3v) is 7.37. The van der Waals surface area contributed by atoms with E-state index in [1.165, 1.54) is 5.56 Å². The van der Waals surface area contributed by atoms with Crippen LogP contribution in [-0.4, -0.2) is 46.4 Å². The van der Waals surface area contributed by atoms with E-state index in [0.29, 0.717) is 12.0 Å². The van der Waals surface area contributed by atoms with Crippen LogP contribution in [0, 0.1) is 0 Å². The molecule has 0 bridgehead atoms. The molecule has 40 heavy (non-hydrogen) atoms. The highest BCUT2D eigenvalue weighted by atomic mass is 16.5. The van der Waals surface area contributed by atoms with Crippen molar-refractivity contribution >= 4 is 40.7 Å². The molecule has 6 nitrogen and oxygen atoms in total. The van der Waals surface area contributed by atoms with Crippen LogP contribution < -0.4 is 0 Å². The van der Waals surface area contributed by atoms with Crippen molar-refractivity contribution in [2.24, 2.45) is 0 Å². The smallest absolute Gasteiger partial charge is 0.339 e. The van der Waals surface area contributed by atoms with Crippen molar-refractivity contribution in [3.63, 3.8) is 0 Å². The second-order valence-corrected chi connectivity index (χ2v) is 10.7. The number of H-pyrrole nitrogens is 1. The molecule has 0 unspecified atom stereocenters. The van der Waals surface area contributed by atoms with Gasteiger partial charge < -0.3 is 9.47 Å². The van der Waals surface area contributed by atoms with Crippen LogP contribution in [0.3, 0.4) is 0 Å². The zero-order valence-corrected chi connectivity index (χ0v) is 22.8. The van der Waals surface area contributed by atoms with Gasteiger partial charge in [-0.3, -0.25) is 10.00 Å². The third kappa shape index (κ3) is 5.98. The molecule has 0 aliphatic carbocycles. The molecular formula is C34H33N3O3. The van der Waals surface area contributed by atoms with Crippen molar-refractivity contribution in [1.29, 1.82) is 0 Å². The molecule has 4 aromatic rings. The Balaban J connectivity index is 1.13. The van der Waals surface area contributed by atoms with Gasteiger partial charge in [0.1, 0.15) is 0 Å². The first-order valence-corrected chi connectivity index (χ1v) is 13.8. The lowest BCUT2D eigenvalue weighted by Gasteiger charge is -2.35. The van der Waals surface area contributed by atoms with Crippen molar-refractivity contribution in [3.05, 3.63) is 113 Å². The minimum atomic E-state index is -0.312. The van der Waals surface area contributed by atoms with E-state index >= 15 is 0 Å². The lowest BCUT2D eigenvalue weighted by atomic mass is 9.96. The Morgan fingerprint density at radius 2 is 1.70 bits per heavy atom. The maximum absolute atomic E-state index is 12.4. The molecule has 0 radical (unpaired) electrons. The summed E-state index contributed by atoms with van der Waals surface area (Å²) in [5, 5.41) is 8.69. The highest BCUT2D eigenvalue weighted by Crippen LogP contribution is 2.29. The molecule has 2 atom stereocenters. The lowest BCUT2D eigenvalue weighted by molar-refractivity contribution is -0.134. The standard InChI is InChI=1S/C34H33N3O3/c1-23-19-37(20-24(2)40-23)21-26-10-8-25(9-11-26)13-15-32-31-14-12-27(17-33(31)36-35-32)16-29-18-30(22-39-34(29)38)28-6-4-3-5-7-28/h3-17,22-24H,18-21H2,1-2H3,(H,35,36)/b15-13+,29-16+/t23-,24+. The fourth-order valence-electron chi connectivity index (χ4n) is 5.51. The number of ether oxygens (including phenoxy) is 2. The Labute approximate surface area is 234 Å².